The fourth-order valence-corrected chi connectivity index (χ4v) is 3.96. The summed E-state index contributed by atoms with van der Waals surface area (Å²) in [5.74, 6) is -1.14. The number of carboxylic acids is 1. The van der Waals surface area contributed by atoms with Gasteiger partial charge < -0.3 is 5.11 Å². The summed E-state index contributed by atoms with van der Waals surface area (Å²) in [5, 5.41) is 8.85. The van der Waals surface area contributed by atoms with Crippen molar-refractivity contribution in [3.05, 3.63) is 57.5 Å². The molecule has 2 aromatic carbocycles. The van der Waals surface area contributed by atoms with Gasteiger partial charge in [-0.15, -0.1) is 0 Å². The molecular formula is C13H9BrClNO4S. The van der Waals surface area contributed by atoms with E-state index in [1.54, 1.807) is 18.2 Å². The molecule has 2 rings (SSSR count). The highest BCUT2D eigenvalue weighted by Gasteiger charge is 2.19. The largest absolute Gasteiger partial charge is 0.478 e. The summed E-state index contributed by atoms with van der Waals surface area (Å²) >= 11 is 9.07. The van der Waals surface area contributed by atoms with Crippen LogP contribution >= 0.6 is 27.5 Å². The first-order valence-electron chi connectivity index (χ1n) is 5.61. The van der Waals surface area contributed by atoms with Gasteiger partial charge >= 0.3 is 5.97 Å². The Balaban J connectivity index is 2.38. The fourth-order valence-electron chi connectivity index (χ4n) is 1.59. The second-order valence-electron chi connectivity index (χ2n) is 4.04. The quantitative estimate of drug-likeness (QED) is 0.835. The van der Waals surface area contributed by atoms with Crippen molar-refractivity contribution < 1.29 is 18.3 Å². The number of nitrogens with one attached hydrogen (secondary N) is 1. The summed E-state index contributed by atoms with van der Waals surface area (Å²) < 4.78 is 27.3. The van der Waals surface area contributed by atoms with E-state index in [1.807, 2.05) is 0 Å². The lowest BCUT2D eigenvalue weighted by Crippen LogP contribution is -2.14. The molecule has 0 atom stereocenters. The number of carbonyl (C=O) groups is 1. The van der Waals surface area contributed by atoms with Gasteiger partial charge in [0.15, 0.2) is 0 Å². The van der Waals surface area contributed by atoms with Crippen molar-refractivity contribution in [3.63, 3.8) is 0 Å². The number of hydrogen-bond donors (Lipinski definition) is 2. The number of carboxylic acid groups (broad SMARTS) is 1. The Kier molecular flexibility index (Phi) is 4.55. The lowest BCUT2D eigenvalue weighted by Gasteiger charge is -2.11. The van der Waals surface area contributed by atoms with E-state index in [9.17, 15) is 13.2 Å². The molecule has 0 saturated carbocycles. The average molecular weight is 391 g/mol. The Morgan fingerprint density at radius 3 is 2.43 bits per heavy atom. The van der Waals surface area contributed by atoms with Crippen molar-refractivity contribution in [2.24, 2.45) is 0 Å². The van der Waals surface area contributed by atoms with E-state index in [-0.39, 0.29) is 21.2 Å². The van der Waals surface area contributed by atoms with Crippen LogP contribution in [0.2, 0.25) is 5.02 Å². The van der Waals surface area contributed by atoms with Crippen LogP contribution in [0.4, 0.5) is 5.69 Å². The minimum atomic E-state index is -3.83. The molecule has 0 heterocycles. The third-order valence-electron chi connectivity index (χ3n) is 2.59. The molecule has 0 aromatic heterocycles. The first kappa shape index (κ1) is 15.8. The minimum Gasteiger partial charge on any atom is -0.478 e. The van der Waals surface area contributed by atoms with Gasteiger partial charge in [0, 0.05) is 4.47 Å². The first-order valence-corrected chi connectivity index (χ1v) is 8.27. The normalized spacial score (nSPS) is 11.1. The topological polar surface area (TPSA) is 83.5 Å². The minimum absolute atomic E-state index is 0.00512. The zero-order valence-corrected chi connectivity index (χ0v) is 13.5. The number of anilines is 1. The van der Waals surface area contributed by atoms with E-state index >= 15 is 0 Å². The first-order chi connectivity index (χ1) is 9.81. The number of benzene rings is 2. The van der Waals surface area contributed by atoms with E-state index in [0.29, 0.717) is 4.47 Å². The highest BCUT2D eigenvalue weighted by molar-refractivity contribution is 9.10. The van der Waals surface area contributed by atoms with Crippen LogP contribution in [-0.4, -0.2) is 19.5 Å². The van der Waals surface area contributed by atoms with Crippen molar-refractivity contribution in [2.45, 2.75) is 4.90 Å². The van der Waals surface area contributed by atoms with E-state index in [2.05, 4.69) is 20.7 Å². The Labute approximate surface area is 134 Å². The van der Waals surface area contributed by atoms with E-state index in [1.165, 1.54) is 24.3 Å². The Morgan fingerprint density at radius 1 is 1.19 bits per heavy atom. The molecule has 2 aromatic rings. The number of hydrogen-bond acceptors (Lipinski definition) is 3. The van der Waals surface area contributed by atoms with Crippen LogP contribution in [0.3, 0.4) is 0 Å². The second-order valence-corrected chi connectivity index (χ2v) is 6.95. The van der Waals surface area contributed by atoms with Crippen molar-refractivity contribution in [2.75, 3.05) is 4.72 Å². The molecule has 5 nitrogen and oxygen atoms in total. The van der Waals surface area contributed by atoms with Crippen LogP contribution in [0.5, 0.6) is 0 Å². The molecule has 0 saturated heterocycles. The SMILES string of the molecule is O=C(O)c1ccc(NS(=O)(=O)c2ccccc2Br)c(Cl)c1. The van der Waals surface area contributed by atoms with Crippen LogP contribution in [0.25, 0.3) is 0 Å². The summed E-state index contributed by atoms with van der Waals surface area (Å²) in [7, 11) is -3.83. The Morgan fingerprint density at radius 2 is 1.86 bits per heavy atom. The number of halogens is 2. The van der Waals surface area contributed by atoms with Gasteiger partial charge in [-0.3, -0.25) is 4.72 Å². The Bertz CT molecular complexity index is 808. The molecular weight excluding hydrogens is 382 g/mol. The molecule has 21 heavy (non-hydrogen) atoms. The van der Waals surface area contributed by atoms with E-state index < -0.39 is 16.0 Å². The van der Waals surface area contributed by atoms with Crippen LogP contribution in [0.15, 0.2) is 51.8 Å². The monoisotopic (exact) mass is 389 g/mol. The van der Waals surface area contributed by atoms with Crippen molar-refractivity contribution in [1.82, 2.24) is 0 Å². The molecule has 0 spiro atoms. The highest BCUT2D eigenvalue weighted by atomic mass is 79.9. The lowest BCUT2D eigenvalue weighted by atomic mass is 10.2. The van der Waals surface area contributed by atoms with Gasteiger partial charge in [-0.25, -0.2) is 13.2 Å². The predicted molar refractivity (Wildman–Crippen MR) is 83.4 cm³/mol. The second kappa shape index (κ2) is 6.05. The zero-order valence-electron chi connectivity index (χ0n) is 10.4. The van der Waals surface area contributed by atoms with Gasteiger partial charge in [-0.05, 0) is 46.3 Å². The van der Waals surface area contributed by atoms with Crippen LogP contribution in [0, 0.1) is 0 Å². The molecule has 2 N–H and O–H groups in total. The molecule has 0 fully saturated rings. The summed E-state index contributed by atoms with van der Waals surface area (Å²) in [6, 6.07) is 10.1. The average Bonchev–Trinajstić information content (AvgIpc) is 2.41. The van der Waals surface area contributed by atoms with Gasteiger partial charge in [0.2, 0.25) is 0 Å². The van der Waals surface area contributed by atoms with E-state index in [4.69, 9.17) is 16.7 Å². The van der Waals surface area contributed by atoms with E-state index in [0.717, 1.165) is 0 Å². The van der Waals surface area contributed by atoms with Crippen molar-refractivity contribution in [1.29, 1.82) is 0 Å². The van der Waals surface area contributed by atoms with Crippen LogP contribution < -0.4 is 4.72 Å². The number of aromatic carboxylic acids is 1. The van der Waals surface area contributed by atoms with Crippen molar-refractivity contribution >= 4 is 49.2 Å². The molecule has 0 aliphatic carbocycles. The number of rotatable bonds is 4. The third-order valence-corrected chi connectivity index (χ3v) is 5.28. The zero-order chi connectivity index (χ0) is 15.6. The van der Waals surface area contributed by atoms with Gasteiger partial charge in [-0.2, -0.15) is 0 Å². The fraction of sp³-hybridized carbons (Fsp3) is 0. The molecule has 0 radical (unpaired) electrons. The lowest BCUT2D eigenvalue weighted by molar-refractivity contribution is 0.0697. The van der Waals surface area contributed by atoms with Gasteiger partial charge in [0.1, 0.15) is 4.90 Å². The highest BCUT2D eigenvalue weighted by Crippen LogP contribution is 2.28. The maximum atomic E-state index is 12.3. The van der Waals surface area contributed by atoms with Crippen molar-refractivity contribution in [3.8, 4) is 0 Å². The maximum absolute atomic E-state index is 12.3. The summed E-state index contributed by atoms with van der Waals surface area (Å²) in [6.45, 7) is 0. The molecule has 0 amide bonds. The van der Waals surface area contributed by atoms with Gasteiger partial charge in [-0.1, -0.05) is 23.7 Å². The smallest absolute Gasteiger partial charge is 0.335 e. The summed E-state index contributed by atoms with van der Waals surface area (Å²) in [5.41, 5.74) is 0.0845. The predicted octanol–water partition coefficient (Wildman–Crippen LogP) is 3.60. The third kappa shape index (κ3) is 3.55. The molecule has 0 aliphatic heterocycles. The summed E-state index contributed by atoms with van der Waals surface area (Å²) in [6.07, 6.45) is 0. The summed E-state index contributed by atoms with van der Waals surface area (Å²) in [4.78, 5) is 10.9. The van der Waals surface area contributed by atoms with Crippen LogP contribution in [-0.2, 0) is 10.0 Å². The molecule has 0 unspecified atom stereocenters. The molecule has 0 bridgehead atoms. The van der Waals surface area contributed by atoms with Crippen LogP contribution in [0.1, 0.15) is 10.4 Å². The molecule has 110 valence electrons. The molecule has 8 heteroatoms. The maximum Gasteiger partial charge on any atom is 0.335 e. The number of sulfonamides is 1. The van der Waals surface area contributed by atoms with Gasteiger partial charge in [0.25, 0.3) is 10.0 Å². The van der Waals surface area contributed by atoms with Gasteiger partial charge in [0.05, 0.1) is 16.3 Å². The standard InChI is InChI=1S/C13H9BrClNO4S/c14-9-3-1-2-4-12(9)21(19,20)16-11-6-5-8(13(17)18)7-10(11)15/h1-7,16H,(H,17,18). The molecule has 0 aliphatic rings. The Hall–Kier alpha value is -1.57.